The molecule has 0 saturated heterocycles. The van der Waals surface area contributed by atoms with E-state index in [0.717, 1.165) is 37.1 Å². The monoisotopic (exact) mass is 310 g/mol. The molecule has 1 heterocycles. The first kappa shape index (κ1) is 16.4. The summed E-state index contributed by atoms with van der Waals surface area (Å²) >= 11 is 1.47. The van der Waals surface area contributed by atoms with E-state index in [1.807, 2.05) is 0 Å². The van der Waals surface area contributed by atoms with E-state index >= 15 is 0 Å². The molecular weight excluding hydrogens is 284 g/mol. The smallest absolute Gasteiger partial charge is 0.233 e. The van der Waals surface area contributed by atoms with Crippen LogP contribution in [0.3, 0.4) is 0 Å². The van der Waals surface area contributed by atoms with Crippen LogP contribution in [0.15, 0.2) is 0 Å². The first-order chi connectivity index (χ1) is 9.95. The zero-order chi connectivity index (χ0) is 15.5. The van der Waals surface area contributed by atoms with Crippen LogP contribution in [0.5, 0.6) is 0 Å². The Kier molecular flexibility index (Phi) is 5.32. The van der Waals surface area contributed by atoms with Crippen LogP contribution in [0, 0.1) is 17.3 Å². The van der Waals surface area contributed by atoms with Gasteiger partial charge in [0.15, 0.2) is 0 Å². The third kappa shape index (κ3) is 4.01. The Hall–Kier alpha value is -1.01. The van der Waals surface area contributed by atoms with Crippen molar-refractivity contribution in [2.75, 3.05) is 11.9 Å². The highest BCUT2D eigenvalue weighted by Crippen LogP contribution is 2.39. The van der Waals surface area contributed by atoms with Crippen LogP contribution in [0.4, 0.5) is 5.13 Å². The quantitative estimate of drug-likeness (QED) is 0.876. The van der Waals surface area contributed by atoms with Crippen LogP contribution in [0.2, 0.25) is 0 Å². The minimum absolute atomic E-state index is 0.0177. The topological polar surface area (TPSA) is 80.9 Å². The molecule has 0 spiro atoms. The van der Waals surface area contributed by atoms with E-state index in [9.17, 15) is 4.79 Å². The summed E-state index contributed by atoms with van der Waals surface area (Å²) < 4.78 is 0. The predicted octanol–water partition coefficient (Wildman–Crippen LogP) is 2.83. The average molecular weight is 310 g/mol. The summed E-state index contributed by atoms with van der Waals surface area (Å²) in [5.41, 5.74) is 5.50. The number of rotatable bonds is 5. The first-order valence-corrected chi connectivity index (χ1v) is 8.61. The van der Waals surface area contributed by atoms with Gasteiger partial charge in [-0.25, -0.2) is 0 Å². The predicted molar refractivity (Wildman–Crippen MR) is 86.2 cm³/mol. The summed E-state index contributed by atoms with van der Waals surface area (Å²) in [5.74, 6) is 1.25. The van der Waals surface area contributed by atoms with Crippen molar-refractivity contribution in [2.24, 2.45) is 23.0 Å². The second-order valence-electron chi connectivity index (χ2n) is 6.72. The molecule has 1 fully saturated rings. The Balaban J connectivity index is 2.01. The maximum absolute atomic E-state index is 12.6. The normalized spacial score (nSPS) is 26.0. The van der Waals surface area contributed by atoms with Crippen LogP contribution in [-0.2, 0) is 11.2 Å². The van der Waals surface area contributed by atoms with Crippen molar-refractivity contribution in [3.8, 4) is 0 Å². The fourth-order valence-electron chi connectivity index (χ4n) is 2.80. The molecule has 1 aliphatic carbocycles. The lowest BCUT2D eigenvalue weighted by Crippen LogP contribution is -2.44. The summed E-state index contributed by atoms with van der Waals surface area (Å²) in [7, 11) is 0. The molecule has 1 aliphatic rings. The van der Waals surface area contributed by atoms with Gasteiger partial charge in [0.1, 0.15) is 5.01 Å². The summed E-state index contributed by atoms with van der Waals surface area (Å²) in [6, 6.07) is 0. The van der Waals surface area contributed by atoms with E-state index in [2.05, 4.69) is 36.3 Å². The molecule has 0 unspecified atom stereocenters. The van der Waals surface area contributed by atoms with Crippen LogP contribution >= 0.6 is 11.3 Å². The largest absolute Gasteiger partial charge is 0.329 e. The zero-order valence-electron chi connectivity index (χ0n) is 13.2. The molecule has 118 valence electrons. The minimum atomic E-state index is -0.420. The Morgan fingerprint density at radius 2 is 2.10 bits per heavy atom. The lowest BCUT2D eigenvalue weighted by molar-refractivity contribution is -0.127. The maximum atomic E-state index is 12.6. The van der Waals surface area contributed by atoms with Crippen LogP contribution in [0.25, 0.3) is 0 Å². The van der Waals surface area contributed by atoms with Gasteiger partial charge in [-0.05, 0) is 37.5 Å². The van der Waals surface area contributed by atoms with Crippen molar-refractivity contribution in [2.45, 2.75) is 52.9 Å². The van der Waals surface area contributed by atoms with Crippen molar-refractivity contribution in [3.05, 3.63) is 5.01 Å². The number of nitrogens with two attached hydrogens (primary N) is 1. The van der Waals surface area contributed by atoms with E-state index in [1.54, 1.807) is 0 Å². The van der Waals surface area contributed by atoms with E-state index in [-0.39, 0.29) is 5.91 Å². The number of nitrogens with one attached hydrogen (secondary N) is 1. The number of nitrogens with zero attached hydrogens (tertiary/aromatic N) is 2. The number of carbonyl (C=O) groups is 1. The summed E-state index contributed by atoms with van der Waals surface area (Å²) in [6.45, 7) is 6.93. The molecule has 0 aromatic carbocycles. The van der Waals surface area contributed by atoms with Crippen molar-refractivity contribution in [1.29, 1.82) is 0 Å². The molecular formula is C15H26N4OS. The molecule has 6 heteroatoms. The number of anilines is 1. The number of hydrogen-bond donors (Lipinski definition) is 2. The highest BCUT2D eigenvalue weighted by atomic mass is 32.1. The van der Waals surface area contributed by atoms with Crippen molar-refractivity contribution in [1.82, 2.24) is 10.2 Å². The molecule has 3 N–H and O–H groups in total. The van der Waals surface area contributed by atoms with Gasteiger partial charge in [0.2, 0.25) is 11.0 Å². The number of hydrogen-bond acceptors (Lipinski definition) is 5. The molecule has 1 amide bonds. The maximum Gasteiger partial charge on any atom is 0.233 e. The van der Waals surface area contributed by atoms with E-state index in [4.69, 9.17) is 5.73 Å². The Bertz CT molecular complexity index is 478. The lowest BCUT2D eigenvalue weighted by Gasteiger charge is -2.36. The lowest BCUT2D eigenvalue weighted by atomic mass is 9.70. The van der Waals surface area contributed by atoms with Gasteiger partial charge in [0.25, 0.3) is 0 Å². The highest BCUT2D eigenvalue weighted by Gasteiger charge is 2.40. The summed E-state index contributed by atoms with van der Waals surface area (Å²) in [5, 5.41) is 12.7. The standard InChI is InChI=1S/C15H26N4OS/c1-10(2)8-12-18-19-14(21-12)17-13(20)15(9-16)6-4-11(3)5-7-15/h10-11H,4-9,16H2,1-3H3,(H,17,19,20). The molecule has 0 radical (unpaired) electrons. The molecule has 1 aromatic rings. The van der Waals surface area contributed by atoms with E-state index in [1.165, 1.54) is 11.3 Å². The fourth-order valence-corrected chi connectivity index (χ4v) is 3.75. The average Bonchev–Trinajstić information content (AvgIpc) is 2.86. The SMILES string of the molecule is CC(C)Cc1nnc(NC(=O)C2(CN)CCC(C)CC2)s1. The molecule has 0 aliphatic heterocycles. The van der Waals surface area contributed by atoms with Gasteiger partial charge in [-0.2, -0.15) is 0 Å². The van der Waals surface area contributed by atoms with Gasteiger partial charge in [-0.3, -0.25) is 10.1 Å². The second-order valence-corrected chi connectivity index (χ2v) is 7.78. The van der Waals surface area contributed by atoms with Crippen molar-refractivity contribution in [3.63, 3.8) is 0 Å². The fraction of sp³-hybridized carbons (Fsp3) is 0.800. The molecule has 0 bridgehead atoms. The minimum Gasteiger partial charge on any atom is -0.329 e. The first-order valence-electron chi connectivity index (χ1n) is 7.79. The van der Waals surface area contributed by atoms with Crippen LogP contribution < -0.4 is 11.1 Å². The summed E-state index contributed by atoms with van der Waals surface area (Å²) in [4.78, 5) is 12.6. The van der Waals surface area contributed by atoms with Gasteiger partial charge in [-0.15, -0.1) is 10.2 Å². The van der Waals surface area contributed by atoms with Gasteiger partial charge in [-0.1, -0.05) is 32.1 Å². The van der Waals surface area contributed by atoms with E-state index < -0.39 is 5.41 Å². The number of carbonyl (C=O) groups excluding carboxylic acids is 1. The number of amides is 1. The van der Waals surface area contributed by atoms with Crippen LogP contribution in [0.1, 0.15) is 51.5 Å². The molecule has 1 aromatic heterocycles. The molecule has 2 rings (SSSR count). The second kappa shape index (κ2) is 6.83. The number of aromatic nitrogens is 2. The van der Waals surface area contributed by atoms with Gasteiger partial charge in [0, 0.05) is 13.0 Å². The van der Waals surface area contributed by atoms with Crippen LogP contribution in [-0.4, -0.2) is 22.6 Å². The summed E-state index contributed by atoms with van der Waals surface area (Å²) in [6.07, 6.45) is 4.77. The van der Waals surface area contributed by atoms with Crippen molar-refractivity contribution >= 4 is 22.4 Å². The van der Waals surface area contributed by atoms with Gasteiger partial charge in [0.05, 0.1) is 5.41 Å². The zero-order valence-corrected chi connectivity index (χ0v) is 14.0. The van der Waals surface area contributed by atoms with Crippen molar-refractivity contribution < 1.29 is 4.79 Å². The molecule has 21 heavy (non-hydrogen) atoms. The molecule has 0 atom stereocenters. The Labute approximate surface area is 130 Å². The Morgan fingerprint density at radius 1 is 1.43 bits per heavy atom. The molecule has 5 nitrogen and oxygen atoms in total. The van der Waals surface area contributed by atoms with E-state index in [0.29, 0.717) is 23.5 Å². The van der Waals surface area contributed by atoms with Gasteiger partial charge >= 0.3 is 0 Å². The molecule has 1 saturated carbocycles. The van der Waals surface area contributed by atoms with Gasteiger partial charge < -0.3 is 5.73 Å². The third-order valence-corrected chi connectivity index (χ3v) is 5.23. The third-order valence-electron chi connectivity index (χ3n) is 4.37. The Morgan fingerprint density at radius 3 is 2.67 bits per heavy atom. The highest BCUT2D eigenvalue weighted by molar-refractivity contribution is 7.15.